The van der Waals surface area contributed by atoms with Gasteiger partial charge < -0.3 is 19.7 Å². The molecule has 1 saturated heterocycles. The summed E-state index contributed by atoms with van der Waals surface area (Å²) in [5.41, 5.74) is 1.88. The molecule has 6 heteroatoms. The van der Waals surface area contributed by atoms with E-state index in [4.69, 9.17) is 9.47 Å². The summed E-state index contributed by atoms with van der Waals surface area (Å²) >= 11 is 0. The minimum atomic E-state index is -0.721. The fraction of sp³-hybridized carbons (Fsp3) is 0.474. The van der Waals surface area contributed by atoms with E-state index in [1.807, 2.05) is 6.08 Å². The molecule has 1 heterocycles. The Morgan fingerprint density at radius 3 is 2.64 bits per heavy atom. The summed E-state index contributed by atoms with van der Waals surface area (Å²) in [6, 6.07) is 0. The smallest absolute Gasteiger partial charge is 0.334 e. The number of carbonyl (C=O) groups excluding carboxylic acids is 2. The molecular weight excluding hydrogens is 324 g/mol. The highest BCUT2D eigenvalue weighted by Gasteiger charge is 2.44. The van der Waals surface area contributed by atoms with Crippen LogP contribution in [0, 0.1) is 5.92 Å². The molecule has 2 aliphatic rings. The lowest BCUT2D eigenvalue weighted by Gasteiger charge is -2.27. The van der Waals surface area contributed by atoms with E-state index in [2.05, 4.69) is 13.2 Å². The van der Waals surface area contributed by atoms with Crippen LogP contribution in [-0.4, -0.2) is 47.6 Å². The average molecular weight is 348 g/mol. The maximum Gasteiger partial charge on any atom is 0.334 e. The van der Waals surface area contributed by atoms with Crippen LogP contribution >= 0.6 is 0 Å². The highest BCUT2D eigenvalue weighted by Crippen LogP contribution is 2.36. The van der Waals surface area contributed by atoms with Crippen LogP contribution in [0.3, 0.4) is 0 Å². The molecule has 0 bridgehead atoms. The molecule has 2 N–H and O–H groups in total. The predicted octanol–water partition coefficient (Wildman–Crippen LogP) is 1.59. The van der Waals surface area contributed by atoms with Gasteiger partial charge in [-0.25, -0.2) is 9.59 Å². The Balaban J connectivity index is 2.43. The molecule has 0 aromatic rings. The first kappa shape index (κ1) is 19.1. The fourth-order valence-electron chi connectivity index (χ4n) is 3.04. The number of ether oxygens (including phenoxy) is 2. The van der Waals surface area contributed by atoms with E-state index < -0.39 is 30.1 Å². The quantitative estimate of drug-likeness (QED) is 0.455. The molecule has 0 amide bonds. The van der Waals surface area contributed by atoms with Crippen LogP contribution in [0.25, 0.3) is 0 Å². The van der Waals surface area contributed by atoms with E-state index in [0.717, 1.165) is 5.57 Å². The summed E-state index contributed by atoms with van der Waals surface area (Å²) < 4.78 is 10.9. The molecule has 1 aliphatic heterocycles. The van der Waals surface area contributed by atoms with E-state index in [-0.39, 0.29) is 30.8 Å². The second kappa shape index (κ2) is 8.27. The molecule has 0 saturated carbocycles. The van der Waals surface area contributed by atoms with Crippen molar-refractivity contribution < 1.29 is 29.3 Å². The number of fused-ring (bicyclic) bond motifs is 1. The van der Waals surface area contributed by atoms with Gasteiger partial charge in [0.15, 0.2) is 0 Å². The zero-order chi connectivity index (χ0) is 18.6. The van der Waals surface area contributed by atoms with E-state index in [9.17, 15) is 19.8 Å². The maximum absolute atomic E-state index is 12.0. The minimum absolute atomic E-state index is 0.161. The van der Waals surface area contributed by atoms with Gasteiger partial charge in [0.1, 0.15) is 12.2 Å². The molecule has 0 unspecified atom stereocenters. The maximum atomic E-state index is 12.0. The Labute approximate surface area is 147 Å². The van der Waals surface area contributed by atoms with Gasteiger partial charge in [-0.3, -0.25) is 0 Å². The third kappa shape index (κ3) is 4.46. The number of aliphatic hydroxyl groups is 2. The summed E-state index contributed by atoms with van der Waals surface area (Å²) in [5.74, 6) is -1.70. The van der Waals surface area contributed by atoms with Crippen molar-refractivity contribution in [2.75, 3.05) is 13.2 Å². The van der Waals surface area contributed by atoms with Crippen molar-refractivity contribution in [2.45, 2.75) is 38.4 Å². The highest BCUT2D eigenvalue weighted by atomic mass is 16.6. The number of rotatable bonds is 4. The molecule has 3 atom stereocenters. The Bertz CT molecular complexity index is 642. The van der Waals surface area contributed by atoms with E-state index in [1.54, 1.807) is 6.08 Å². The van der Waals surface area contributed by atoms with Gasteiger partial charge >= 0.3 is 11.9 Å². The predicted molar refractivity (Wildman–Crippen MR) is 91.4 cm³/mol. The van der Waals surface area contributed by atoms with Crippen LogP contribution in [0.5, 0.6) is 0 Å². The van der Waals surface area contributed by atoms with Crippen LogP contribution in [0.1, 0.15) is 26.2 Å². The van der Waals surface area contributed by atoms with Crippen molar-refractivity contribution in [1.29, 1.82) is 0 Å². The molecule has 25 heavy (non-hydrogen) atoms. The van der Waals surface area contributed by atoms with Crippen molar-refractivity contribution in [3.05, 3.63) is 47.6 Å². The van der Waals surface area contributed by atoms with Gasteiger partial charge in [0, 0.05) is 17.6 Å². The van der Waals surface area contributed by atoms with Gasteiger partial charge in [0.25, 0.3) is 0 Å². The van der Waals surface area contributed by atoms with Crippen molar-refractivity contribution in [3.8, 4) is 0 Å². The fourth-order valence-corrected chi connectivity index (χ4v) is 3.04. The third-order valence-electron chi connectivity index (χ3n) is 4.44. The first-order valence-electron chi connectivity index (χ1n) is 8.22. The van der Waals surface area contributed by atoms with Gasteiger partial charge in [0.2, 0.25) is 0 Å². The molecule has 0 radical (unpaired) electrons. The van der Waals surface area contributed by atoms with Gasteiger partial charge in [-0.15, -0.1) is 0 Å². The normalized spacial score (nSPS) is 31.1. The Kier molecular flexibility index (Phi) is 6.33. The lowest BCUT2D eigenvalue weighted by Crippen LogP contribution is -2.34. The number of hydrogen-bond acceptors (Lipinski definition) is 6. The summed E-state index contributed by atoms with van der Waals surface area (Å²) in [5, 5.41) is 19.1. The van der Waals surface area contributed by atoms with E-state index >= 15 is 0 Å². The van der Waals surface area contributed by atoms with Gasteiger partial charge in [-0.2, -0.15) is 0 Å². The second-order valence-electron chi connectivity index (χ2n) is 6.39. The second-order valence-corrected chi connectivity index (χ2v) is 6.39. The van der Waals surface area contributed by atoms with Crippen molar-refractivity contribution in [3.63, 3.8) is 0 Å². The van der Waals surface area contributed by atoms with E-state index in [1.165, 1.54) is 6.92 Å². The SMILES string of the molecule is C=C(C)C(=O)O[C@H]1C/C(CO)=C/CC/C(CO)=C/[C@H]2OC(=O)C(=C)[C@H]12. The number of carbonyl (C=O) groups is 2. The molecule has 0 spiro atoms. The zero-order valence-electron chi connectivity index (χ0n) is 14.4. The molecule has 136 valence electrons. The Hall–Kier alpha value is -2.18. The Morgan fingerprint density at radius 2 is 2.04 bits per heavy atom. The molecule has 1 aliphatic carbocycles. The number of aliphatic hydroxyl groups excluding tert-OH is 2. The topological polar surface area (TPSA) is 93.1 Å². The Morgan fingerprint density at radius 1 is 1.36 bits per heavy atom. The van der Waals surface area contributed by atoms with Crippen molar-refractivity contribution >= 4 is 11.9 Å². The summed E-state index contributed by atoms with van der Waals surface area (Å²) in [6.45, 7) is 8.56. The van der Waals surface area contributed by atoms with Crippen LogP contribution in [0.2, 0.25) is 0 Å². The van der Waals surface area contributed by atoms with Crippen LogP contribution < -0.4 is 0 Å². The van der Waals surface area contributed by atoms with Crippen LogP contribution in [0.15, 0.2) is 47.6 Å². The molecule has 2 rings (SSSR count). The molecule has 6 nitrogen and oxygen atoms in total. The molecule has 1 fully saturated rings. The van der Waals surface area contributed by atoms with Gasteiger partial charge in [0.05, 0.1) is 19.1 Å². The number of hydrogen-bond donors (Lipinski definition) is 2. The summed E-state index contributed by atoms with van der Waals surface area (Å²) in [7, 11) is 0. The first-order valence-corrected chi connectivity index (χ1v) is 8.22. The molecular formula is C19H24O6. The third-order valence-corrected chi connectivity index (χ3v) is 4.44. The lowest BCUT2D eigenvalue weighted by molar-refractivity contribution is -0.147. The number of esters is 2. The zero-order valence-corrected chi connectivity index (χ0v) is 14.4. The first-order chi connectivity index (χ1) is 11.9. The standard InChI is InChI=1S/C19H24O6/c1-11(2)18(22)24-15-7-13(9-20)5-4-6-14(10-21)8-16-17(15)12(3)19(23)25-16/h5,8,15-17,20-21H,1,3-4,6-7,9-10H2,2H3/b13-5-,14-8-/t15-,16+,17+/m0/s1. The summed E-state index contributed by atoms with van der Waals surface area (Å²) in [4.78, 5) is 24.1. The van der Waals surface area contributed by atoms with Crippen LogP contribution in [0.4, 0.5) is 0 Å². The van der Waals surface area contributed by atoms with Crippen molar-refractivity contribution in [1.82, 2.24) is 0 Å². The van der Waals surface area contributed by atoms with Gasteiger partial charge in [-0.1, -0.05) is 19.2 Å². The van der Waals surface area contributed by atoms with Gasteiger partial charge in [-0.05, 0) is 37.0 Å². The minimum Gasteiger partial charge on any atom is -0.458 e. The summed E-state index contributed by atoms with van der Waals surface area (Å²) in [6.07, 6.45) is 3.67. The van der Waals surface area contributed by atoms with Crippen LogP contribution in [-0.2, 0) is 19.1 Å². The molecule has 0 aromatic carbocycles. The van der Waals surface area contributed by atoms with Crippen molar-refractivity contribution in [2.24, 2.45) is 5.92 Å². The van der Waals surface area contributed by atoms with E-state index in [0.29, 0.717) is 18.4 Å². The monoisotopic (exact) mass is 348 g/mol. The largest absolute Gasteiger partial charge is 0.458 e. The molecule has 0 aromatic heterocycles. The lowest BCUT2D eigenvalue weighted by atomic mass is 9.85. The number of allylic oxidation sites excluding steroid dienone is 1. The average Bonchev–Trinajstić information content (AvgIpc) is 2.85. The highest BCUT2D eigenvalue weighted by molar-refractivity contribution is 5.91.